The average molecular weight is 236 g/mol. The molecule has 1 rings (SSSR count). The quantitative estimate of drug-likeness (QED) is 0.786. The van der Waals surface area contributed by atoms with Crippen molar-refractivity contribution >= 4 is 11.6 Å². The molecule has 0 fully saturated rings. The third-order valence-corrected chi connectivity index (χ3v) is 2.86. The van der Waals surface area contributed by atoms with Crippen molar-refractivity contribution in [1.82, 2.24) is 5.32 Å². The number of amides is 1. The van der Waals surface area contributed by atoms with Crippen LogP contribution in [0.4, 0.5) is 5.69 Å². The molecular weight excluding hydrogens is 216 g/mol. The van der Waals surface area contributed by atoms with Gasteiger partial charge in [-0.15, -0.1) is 0 Å². The van der Waals surface area contributed by atoms with Crippen LogP contribution in [0.1, 0.15) is 31.1 Å². The van der Waals surface area contributed by atoms with Crippen molar-refractivity contribution in [3.63, 3.8) is 0 Å². The molecule has 17 heavy (non-hydrogen) atoms. The number of hydrogen-bond donors (Lipinski definition) is 2. The first-order valence-electron chi connectivity index (χ1n) is 5.70. The highest BCUT2D eigenvalue weighted by Gasteiger charge is 2.15. The van der Waals surface area contributed by atoms with Gasteiger partial charge in [0.2, 0.25) is 0 Å². The van der Waals surface area contributed by atoms with Gasteiger partial charge in [-0.3, -0.25) is 4.79 Å². The molecule has 0 spiro atoms. The van der Waals surface area contributed by atoms with E-state index in [4.69, 9.17) is 10.5 Å². The lowest BCUT2D eigenvalue weighted by molar-refractivity contribution is 0.0931. The number of ether oxygens (including phenoxy) is 1. The fraction of sp³-hybridized carbons (Fsp3) is 0.462. The summed E-state index contributed by atoms with van der Waals surface area (Å²) in [6.07, 6.45) is 0. The molecule has 4 heteroatoms. The van der Waals surface area contributed by atoms with E-state index >= 15 is 0 Å². The normalized spacial score (nSPS) is 12.3. The first kappa shape index (κ1) is 13.4. The van der Waals surface area contributed by atoms with E-state index in [-0.39, 0.29) is 11.9 Å². The van der Waals surface area contributed by atoms with Crippen LogP contribution in [0.3, 0.4) is 0 Å². The standard InChI is InChI=1S/C13H20N2O2/c1-8(2)9(3)15-13(16)11-7-10(17-4)5-6-12(11)14/h5-9H,14H2,1-4H3,(H,15,16). The van der Waals surface area contributed by atoms with E-state index in [1.165, 1.54) is 0 Å². The number of nitrogens with one attached hydrogen (secondary N) is 1. The molecule has 0 aliphatic carbocycles. The van der Waals surface area contributed by atoms with Gasteiger partial charge in [0, 0.05) is 11.7 Å². The maximum atomic E-state index is 12.0. The minimum Gasteiger partial charge on any atom is -0.497 e. The van der Waals surface area contributed by atoms with Crippen molar-refractivity contribution in [3.05, 3.63) is 23.8 Å². The zero-order valence-corrected chi connectivity index (χ0v) is 10.8. The van der Waals surface area contributed by atoms with Gasteiger partial charge in [0.05, 0.1) is 12.7 Å². The maximum absolute atomic E-state index is 12.0. The van der Waals surface area contributed by atoms with E-state index in [2.05, 4.69) is 19.2 Å². The Morgan fingerprint density at radius 1 is 1.35 bits per heavy atom. The summed E-state index contributed by atoms with van der Waals surface area (Å²) in [6.45, 7) is 6.08. The molecule has 0 aliphatic heterocycles. The van der Waals surface area contributed by atoms with Gasteiger partial charge in [-0.1, -0.05) is 13.8 Å². The second-order valence-electron chi connectivity index (χ2n) is 4.46. The Morgan fingerprint density at radius 2 is 2.00 bits per heavy atom. The summed E-state index contributed by atoms with van der Waals surface area (Å²) in [5.41, 5.74) is 6.69. The van der Waals surface area contributed by atoms with E-state index in [9.17, 15) is 4.79 Å². The molecule has 3 N–H and O–H groups in total. The molecule has 0 aliphatic rings. The fourth-order valence-electron chi connectivity index (χ4n) is 1.31. The lowest BCUT2D eigenvalue weighted by Crippen LogP contribution is -2.36. The molecule has 0 heterocycles. The van der Waals surface area contributed by atoms with Crippen molar-refractivity contribution in [2.24, 2.45) is 5.92 Å². The lowest BCUT2D eigenvalue weighted by Gasteiger charge is -2.18. The Balaban J connectivity index is 2.88. The summed E-state index contributed by atoms with van der Waals surface area (Å²) in [6, 6.07) is 5.16. The highest BCUT2D eigenvalue weighted by atomic mass is 16.5. The predicted molar refractivity (Wildman–Crippen MR) is 69.2 cm³/mol. The van der Waals surface area contributed by atoms with Crippen LogP contribution in [-0.2, 0) is 0 Å². The molecule has 1 unspecified atom stereocenters. The lowest BCUT2D eigenvalue weighted by atomic mass is 10.1. The molecule has 4 nitrogen and oxygen atoms in total. The van der Waals surface area contributed by atoms with Crippen LogP contribution in [0, 0.1) is 5.92 Å². The number of rotatable bonds is 4. The van der Waals surface area contributed by atoms with Gasteiger partial charge < -0.3 is 15.8 Å². The first-order chi connectivity index (χ1) is 7.95. The van der Waals surface area contributed by atoms with Crippen molar-refractivity contribution in [1.29, 1.82) is 0 Å². The van der Waals surface area contributed by atoms with Crippen molar-refractivity contribution in [2.75, 3.05) is 12.8 Å². The van der Waals surface area contributed by atoms with Gasteiger partial charge >= 0.3 is 0 Å². The summed E-state index contributed by atoms with van der Waals surface area (Å²) in [7, 11) is 1.56. The number of methoxy groups -OCH3 is 1. The van der Waals surface area contributed by atoms with Crippen molar-refractivity contribution in [2.45, 2.75) is 26.8 Å². The fourth-order valence-corrected chi connectivity index (χ4v) is 1.31. The Labute approximate surface area is 102 Å². The van der Waals surface area contributed by atoms with Crippen LogP contribution in [0.15, 0.2) is 18.2 Å². The van der Waals surface area contributed by atoms with Crippen molar-refractivity contribution in [3.8, 4) is 5.75 Å². The van der Waals surface area contributed by atoms with E-state index < -0.39 is 0 Å². The predicted octanol–water partition coefficient (Wildman–Crippen LogP) is 2.05. The van der Waals surface area contributed by atoms with Crippen LogP contribution in [0.25, 0.3) is 0 Å². The van der Waals surface area contributed by atoms with Crippen LogP contribution in [0.5, 0.6) is 5.75 Å². The van der Waals surface area contributed by atoms with Gasteiger partial charge in [0.25, 0.3) is 5.91 Å². The summed E-state index contributed by atoms with van der Waals surface area (Å²) < 4.78 is 5.08. The number of nitrogens with two attached hydrogens (primary N) is 1. The number of carbonyl (C=O) groups excluding carboxylic acids is 1. The number of hydrogen-bond acceptors (Lipinski definition) is 3. The molecule has 1 atom stereocenters. The number of nitrogen functional groups attached to an aromatic ring is 1. The Morgan fingerprint density at radius 3 is 2.53 bits per heavy atom. The highest BCUT2D eigenvalue weighted by Crippen LogP contribution is 2.19. The summed E-state index contributed by atoms with van der Waals surface area (Å²) in [5.74, 6) is 0.843. The van der Waals surface area contributed by atoms with E-state index in [1.807, 2.05) is 6.92 Å². The molecule has 0 bridgehead atoms. The van der Waals surface area contributed by atoms with Crippen LogP contribution in [-0.4, -0.2) is 19.1 Å². The minimum absolute atomic E-state index is 0.105. The van der Waals surface area contributed by atoms with Gasteiger partial charge in [-0.25, -0.2) is 0 Å². The Hall–Kier alpha value is -1.71. The third kappa shape index (κ3) is 3.37. The molecule has 0 aromatic heterocycles. The van der Waals surface area contributed by atoms with Gasteiger partial charge in [0.1, 0.15) is 5.75 Å². The zero-order chi connectivity index (χ0) is 13.0. The number of benzene rings is 1. The zero-order valence-electron chi connectivity index (χ0n) is 10.8. The molecule has 94 valence electrons. The summed E-state index contributed by atoms with van der Waals surface area (Å²) in [5, 5.41) is 2.91. The monoisotopic (exact) mass is 236 g/mol. The molecule has 0 radical (unpaired) electrons. The number of carbonyl (C=O) groups is 1. The third-order valence-electron chi connectivity index (χ3n) is 2.86. The SMILES string of the molecule is COc1ccc(N)c(C(=O)NC(C)C(C)C)c1. The molecule has 0 saturated heterocycles. The second kappa shape index (κ2) is 5.57. The largest absolute Gasteiger partial charge is 0.497 e. The average Bonchev–Trinajstić information content (AvgIpc) is 2.29. The van der Waals surface area contributed by atoms with Gasteiger partial charge in [-0.05, 0) is 31.0 Å². The van der Waals surface area contributed by atoms with Crippen LogP contribution >= 0.6 is 0 Å². The number of anilines is 1. The molecule has 1 aromatic carbocycles. The van der Waals surface area contributed by atoms with Gasteiger partial charge in [0.15, 0.2) is 0 Å². The second-order valence-corrected chi connectivity index (χ2v) is 4.46. The molecular formula is C13H20N2O2. The summed E-state index contributed by atoms with van der Waals surface area (Å²) in [4.78, 5) is 12.0. The molecule has 1 amide bonds. The molecule has 1 aromatic rings. The Bertz CT molecular complexity index is 402. The minimum atomic E-state index is -0.164. The van der Waals surface area contributed by atoms with E-state index in [0.717, 1.165) is 0 Å². The van der Waals surface area contributed by atoms with E-state index in [1.54, 1.807) is 25.3 Å². The van der Waals surface area contributed by atoms with Crippen LogP contribution in [0.2, 0.25) is 0 Å². The van der Waals surface area contributed by atoms with Crippen LogP contribution < -0.4 is 15.8 Å². The van der Waals surface area contributed by atoms with Gasteiger partial charge in [-0.2, -0.15) is 0 Å². The smallest absolute Gasteiger partial charge is 0.253 e. The van der Waals surface area contributed by atoms with Crippen molar-refractivity contribution < 1.29 is 9.53 Å². The Kier molecular flexibility index (Phi) is 4.37. The molecule has 0 saturated carbocycles. The van der Waals surface area contributed by atoms with E-state index in [0.29, 0.717) is 22.9 Å². The maximum Gasteiger partial charge on any atom is 0.253 e. The topological polar surface area (TPSA) is 64.3 Å². The highest BCUT2D eigenvalue weighted by molar-refractivity contribution is 5.99. The summed E-state index contributed by atoms with van der Waals surface area (Å²) >= 11 is 0. The first-order valence-corrected chi connectivity index (χ1v) is 5.70.